The van der Waals surface area contributed by atoms with Crippen molar-refractivity contribution in [3.8, 4) is 5.75 Å². The van der Waals surface area contributed by atoms with Gasteiger partial charge < -0.3 is 5.11 Å². The summed E-state index contributed by atoms with van der Waals surface area (Å²) in [6.07, 6.45) is 0. The Morgan fingerprint density at radius 2 is 0.839 bits per heavy atom. The molecule has 0 saturated heterocycles. The minimum atomic E-state index is 0.330. The zero-order valence-corrected chi connectivity index (χ0v) is 16.8. The molecule has 7 rings (SSSR count). The monoisotopic (exact) mass is 394 g/mol. The van der Waals surface area contributed by atoms with Crippen LogP contribution in [0.2, 0.25) is 0 Å². The highest BCUT2D eigenvalue weighted by molar-refractivity contribution is 6.35. The SMILES string of the molecule is Oc1cc2ccc3ccc4ccccc4c3c2c2c1ccc1ccc3ccccc3c12. The molecule has 0 fully saturated rings. The minimum absolute atomic E-state index is 0.330. The molecule has 0 aliphatic rings. The number of benzene rings is 7. The van der Waals surface area contributed by atoms with Gasteiger partial charge in [0.25, 0.3) is 0 Å². The van der Waals surface area contributed by atoms with Crippen LogP contribution in [0.5, 0.6) is 5.75 Å². The average molecular weight is 394 g/mol. The Labute approximate surface area is 178 Å². The summed E-state index contributed by atoms with van der Waals surface area (Å²) in [5.74, 6) is 0.330. The first kappa shape index (κ1) is 16.7. The molecule has 31 heavy (non-hydrogen) atoms. The molecular formula is C30H18O. The Balaban J connectivity index is 1.91. The largest absolute Gasteiger partial charge is 0.507 e. The van der Waals surface area contributed by atoms with Crippen LogP contribution >= 0.6 is 0 Å². The van der Waals surface area contributed by atoms with Crippen molar-refractivity contribution < 1.29 is 5.11 Å². The van der Waals surface area contributed by atoms with Crippen LogP contribution in [0, 0.1) is 0 Å². The van der Waals surface area contributed by atoms with Gasteiger partial charge in [-0.2, -0.15) is 0 Å². The molecule has 1 heteroatoms. The number of hydrogen-bond donors (Lipinski definition) is 1. The van der Waals surface area contributed by atoms with Crippen LogP contribution in [0.25, 0.3) is 64.6 Å². The summed E-state index contributed by atoms with van der Waals surface area (Å²) in [4.78, 5) is 0. The van der Waals surface area contributed by atoms with Gasteiger partial charge in [0.15, 0.2) is 0 Å². The fourth-order valence-corrected chi connectivity index (χ4v) is 5.30. The van der Waals surface area contributed by atoms with Gasteiger partial charge in [-0.05, 0) is 59.9 Å². The van der Waals surface area contributed by atoms with Gasteiger partial charge in [-0.25, -0.2) is 0 Å². The Morgan fingerprint density at radius 3 is 1.48 bits per heavy atom. The number of phenolic OH excluding ortho intramolecular Hbond substituents is 1. The van der Waals surface area contributed by atoms with Crippen molar-refractivity contribution in [1.82, 2.24) is 0 Å². The van der Waals surface area contributed by atoms with Crippen molar-refractivity contribution >= 4 is 64.6 Å². The third kappa shape index (κ3) is 2.21. The highest BCUT2D eigenvalue weighted by Gasteiger charge is 2.15. The molecule has 0 aliphatic heterocycles. The van der Waals surface area contributed by atoms with Crippen LogP contribution < -0.4 is 0 Å². The molecule has 0 unspecified atom stereocenters. The molecule has 0 bridgehead atoms. The zero-order chi connectivity index (χ0) is 20.5. The smallest absolute Gasteiger partial charge is 0.124 e. The lowest BCUT2D eigenvalue weighted by atomic mass is 9.89. The van der Waals surface area contributed by atoms with E-state index in [1.54, 1.807) is 0 Å². The highest BCUT2D eigenvalue weighted by Crippen LogP contribution is 2.44. The fourth-order valence-electron chi connectivity index (χ4n) is 5.30. The summed E-state index contributed by atoms with van der Waals surface area (Å²) in [5.41, 5.74) is 0. The summed E-state index contributed by atoms with van der Waals surface area (Å²) in [5, 5.41) is 25.1. The van der Waals surface area contributed by atoms with E-state index in [0.717, 1.165) is 16.2 Å². The third-order valence-electron chi connectivity index (χ3n) is 6.67. The molecule has 0 heterocycles. The summed E-state index contributed by atoms with van der Waals surface area (Å²) in [6.45, 7) is 0. The number of aromatic hydroxyl groups is 1. The number of phenols is 1. The molecule has 0 saturated carbocycles. The van der Waals surface area contributed by atoms with Gasteiger partial charge in [0, 0.05) is 10.8 Å². The van der Waals surface area contributed by atoms with Crippen LogP contribution in [0.1, 0.15) is 0 Å². The molecule has 0 aromatic heterocycles. The second kappa shape index (κ2) is 5.96. The van der Waals surface area contributed by atoms with Crippen molar-refractivity contribution in [3.05, 3.63) is 103 Å². The van der Waals surface area contributed by atoms with Gasteiger partial charge in [0.05, 0.1) is 0 Å². The van der Waals surface area contributed by atoms with Crippen LogP contribution in [-0.2, 0) is 0 Å². The van der Waals surface area contributed by atoms with Gasteiger partial charge in [-0.15, -0.1) is 0 Å². The van der Waals surface area contributed by atoms with E-state index in [0.29, 0.717) is 5.75 Å². The van der Waals surface area contributed by atoms with E-state index in [1.807, 2.05) is 6.07 Å². The second-order valence-electron chi connectivity index (χ2n) is 8.32. The van der Waals surface area contributed by atoms with Crippen LogP contribution in [0.3, 0.4) is 0 Å². The number of hydrogen-bond acceptors (Lipinski definition) is 1. The summed E-state index contributed by atoms with van der Waals surface area (Å²) >= 11 is 0. The molecule has 0 spiro atoms. The molecular weight excluding hydrogens is 376 g/mol. The molecule has 1 nitrogen and oxygen atoms in total. The van der Waals surface area contributed by atoms with E-state index < -0.39 is 0 Å². The van der Waals surface area contributed by atoms with Gasteiger partial charge in [0.2, 0.25) is 0 Å². The first-order valence-corrected chi connectivity index (χ1v) is 10.6. The summed E-state index contributed by atoms with van der Waals surface area (Å²) in [6, 6.07) is 36.3. The predicted octanol–water partition coefficient (Wildman–Crippen LogP) is 8.31. The highest BCUT2D eigenvalue weighted by atomic mass is 16.3. The standard InChI is InChI=1S/C30H18O/c31-26-17-22-14-13-20-11-9-18-5-1-3-7-23(18)27(20)29(22)30-25(26)16-15-21-12-10-19-6-2-4-8-24(19)28(21)30/h1-17,31H. The molecule has 7 aromatic rings. The average Bonchev–Trinajstić information content (AvgIpc) is 2.83. The van der Waals surface area contributed by atoms with Gasteiger partial charge in [-0.1, -0.05) is 97.1 Å². The van der Waals surface area contributed by atoms with Gasteiger partial charge in [-0.3, -0.25) is 0 Å². The van der Waals surface area contributed by atoms with Crippen molar-refractivity contribution in [2.75, 3.05) is 0 Å². The zero-order valence-electron chi connectivity index (χ0n) is 16.8. The second-order valence-corrected chi connectivity index (χ2v) is 8.32. The van der Waals surface area contributed by atoms with Crippen LogP contribution in [0.15, 0.2) is 103 Å². The van der Waals surface area contributed by atoms with E-state index in [-0.39, 0.29) is 0 Å². The maximum absolute atomic E-state index is 11.0. The summed E-state index contributed by atoms with van der Waals surface area (Å²) in [7, 11) is 0. The van der Waals surface area contributed by atoms with E-state index in [9.17, 15) is 5.11 Å². The topological polar surface area (TPSA) is 20.2 Å². The third-order valence-corrected chi connectivity index (χ3v) is 6.67. The molecule has 0 amide bonds. The number of fused-ring (bicyclic) bond motifs is 11. The lowest BCUT2D eigenvalue weighted by Gasteiger charge is -2.15. The van der Waals surface area contributed by atoms with Crippen molar-refractivity contribution in [3.63, 3.8) is 0 Å². The van der Waals surface area contributed by atoms with Crippen molar-refractivity contribution in [1.29, 1.82) is 0 Å². The normalized spacial score (nSPS) is 12.0. The van der Waals surface area contributed by atoms with Crippen LogP contribution in [0.4, 0.5) is 0 Å². The fraction of sp³-hybridized carbons (Fsp3) is 0. The Morgan fingerprint density at radius 1 is 0.355 bits per heavy atom. The van der Waals surface area contributed by atoms with Crippen molar-refractivity contribution in [2.45, 2.75) is 0 Å². The predicted molar refractivity (Wildman–Crippen MR) is 133 cm³/mol. The maximum atomic E-state index is 11.0. The molecule has 7 aromatic carbocycles. The molecule has 0 atom stereocenters. The Kier molecular flexibility index (Phi) is 3.21. The lowest BCUT2D eigenvalue weighted by Crippen LogP contribution is -1.87. The van der Waals surface area contributed by atoms with Gasteiger partial charge >= 0.3 is 0 Å². The molecule has 1 N–H and O–H groups in total. The number of rotatable bonds is 0. The first-order valence-electron chi connectivity index (χ1n) is 10.6. The quantitative estimate of drug-likeness (QED) is 0.256. The Hall–Kier alpha value is -4.10. The Bertz CT molecular complexity index is 1840. The van der Waals surface area contributed by atoms with E-state index in [1.165, 1.54) is 48.5 Å². The maximum Gasteiger partial charge on any atom is 0.124 e. The van der Waals surface area contributed by atoms with E-state index in [4.69, 9.17) is 0 Å². The van der Waals surface area contributed by atoms with Crippen LogP contribution in [-0.4, -0.2) is 5.11 Å². The van der Waals surface area contributed by atoms with Crippen molar-refractivity contribution in [2.24, 2.45) is 0 Å². The van der Waals surface area contributed by atoms with E-state index >= 15 is 0 Å². The molecule has 144 valence electrons. The summed E-state index contributed by atoms with van der Waals surface area (Å²) < 4.78 is 0. The molecule has 0 radical (unpaired) electrons. The van der Waals surface area contributed by atoms with Gasteiger partial charge in [0.1, 0.15) is 5.75 Å². The van der Waals surface area contributed by atoms with E-state index in [2.05, 4.69) is 97.1 Å². The lowest BCUT2D eigenvalue weighted by molar-refractivity contribution is 0.482. The minimum Gasteiger partial charge on any atom is -0.507 e. The molecule has 0 aliphatic carbocycles. The first-order chi connectivity index (χ1) is 15.3.